The Morgan fingerprint density at radius 1 is 1.57 bits per heavy atom. The van der Waals surface area contributed by atoms with Crippen molar-refractivity contribution >= 4 is 12.0 Å². The molecule has 0 aromatic heterocycles. The Labute approximate surface area is 82.6 Å². The normalized spacial score (nSPS) is 13.5. The van der Waals surface area contributed by atoms with Gasteiger partial charge in [-0.25, -0.2) is 9.59 Å². The molecule has 0 spiro atoms. The van der Waals surface area contributed by atoms with Gasteiger partial charge in [0.15, 0.2) is 5.54 Å². The van der Waals surface area contributed by atoms with E-state index in [4.69, 9.17) is 5.73 Å². The highest BCUT2D eigenvalue weighted by atomic mass is 16.5. The molecule has 0 heterocycles. The lowest BCUT2D eigenvalue weighted by Gasteiger charge is -2.26. The molecule has 14 heavy (non-hydrogen) atoms. The molecule has 0 aromatic rings. The molecule has 0 aliphatic heterocycles. The fraction of sp³-hybridized carbons (Fsp3) is 0.333. The minimum absolute atomic E-state index is 0.173. The second-order valence-corrected chi connectivity index (χ2v) is 2.65. The van der Waals surface area contributed by atoms with Gasteiger partial charge in [-0.2, -0.15) is 0 Å². The van der Waals surface area contributed by atoms with E-state index in [-0.39, 0.29) is 6.42 Å². The molecule has 0 fully saturated rings. The Kier molecular flexibility index (Phi) is 4.42. The number of hydrogen-bond acceptors (Lipinski definition) is 3. The summed E-state index contributed by atoms with van der Waals surface area (Å²) in [6, 6.07) is -0.822. The molecule has 2 amide bonds. The van der Waals surface area contributed by atoms with E-state index in [0.717, 1.165) is 0 Å². The Morgan fingerprint density at radius 2 is 2.14 bits per heavy atom. The SMILES string of the molecule is C=CCC(C=C)(NC(N)=O)C(=O)OC. The van der Waals surface area contributed by atoms with E-state index in [0.29, 0.717) is 0 Å². The molecule has 0 aliphatic rings. The number of ether oxygens (including phenoxy) is 1. The first-order valence-corrected chi connectivity index (χ1v) is 3.93. The molecule has 5 nitrogen and oxygen atoms in total. The van der Waals surface area contributed by atoms with Crippen molar-refractivity contribution < 1.29 is 14.3 Å². The van der Waals surface area contributed by atoms with Crippen LogP contribution in [0.25, 0.3) is 0 Å². The van der Waals surface area contributed by atoms with Gasteiger partial charge >= 0.3 is 12.0 Å². The highest BCUT2D eigenvalue weighted by Crippen LogP contribution is 2.14. The van der Waals surface area contributed by atoms with Crippen molar-refractivity contribution in [2.45, 2.75) is 12.0 Å². The number of carbonyl (C=O) groups excluding carboxylic acids is 2. The van der Waals surface area contributed by atoms with E-state index in [1.165, 1.54) is 19.3 Å². The smallest absolute Gasteiger partial charge is 0.336 e. The summed E-state index contributed by atoms with van der Waals surface area (Å²) in [7, 11) is 1.21. The van der Waals surface area contributed by atoms with E-state index >= 15 is 0 Å². The summed E-state index contributed by atoms with van der Waals surface area (Å²) in [6.07, 6.45) is 2.91. The summed E-state index contributed by atoms with van der Waals surface area (Å²) >= 11 is 0. The first kappa shape index (κ1) is 12.2. The summed E-state index contributed by atoms with van der Waals surface area (Å²) < 4.78 is 4.53. The maximum atomic E-state index is 11.4. The number of hydrogen-bond donors (Lipinski definition) is 2. The third-order valence-corrected chi connectivity index (χ3v) is 1.71. The number of nitrogens with one attached hydrogen (secondary N) is 1. The average molecular weight is 198 g/mol. The number of nitrogens with two attached hydrogens (primary N) is 1. The van der Waals surface area contributed by atoms with Crippen LogP contribution in [0.2, 0.25) is 0 Å². The molecule has 0 radical (unpaired) electrons. The van der Waals surface area contributed by atoms with Crippen molar-refractivity contribution in [1.82, 2.24) is 5.32 Å². The molecule has 0 aromatic carbocycles. The Balaban J connectivity index is 4.95. The number of rotatable bonds is 5. The summed E-state index contributed by atoms with van der Waals surface area (Å²) in [4.78, 5) is 22.1. The van der Waals surface area contributed by atoms with Gasteiger partial charge in [0.25, 0.3) is 0 Å². The molecule has 3 N–H and O–H groups in total. The monoisotopic (exact) mass is 198 g/mol. The lowest BCUT2D eigenvalue weighted by atomic mass is 9.95. The zero-order valence-corrected chi connectivity index (χ0v) is 8.08. The average Bonchev–Trinajstić information content (AvgIpc) is 2.15. The van der Waals surface area contributed by atoms with Crippen LogP contribution >= 0.6 is 0 Å². The fourth-order valence-electron chi connectivity index (χ4n) is 1.03. The van der Waals surface area contributed by atoms with Gasteiger partial charge in [0.05, 0.1) is 7.11 Å². The van der Waals surface area contributed by atoms with Gasteiger partial charge in [0.1, 0.15) is 0 Å². The van der Waals surface area contributed by atoms with Gasteiger partial charge < -0.3 is 15.8 Å². The zero-order chi connectivity index (χ0) is 11.2. The largest absolute Gasteiger partial charge is 0.467 e. The lowest BCUT2D eigenvalue weighted by molar-refractivity contribution is -0.145. The van der Waals surface area contributed by atoms with Crippen LogP contribution in [0.5, 0.6) is 0 Å². The maximum absolute atomic E-state index is 11.4. The standard InChI is InChI=1S/C9H14N2O3/c1-4-6-9(5-2,7(12)14-3)11-8(10)13/h4-5H,1-2,6H2,3H3,(H3,10,11,13). The highest BCUT2D eigenvalue weighted by Gasteiger charge is 2.36. The highest BCUT2D eigenvalue weighted by molar-refractivity contribution is 5.89. The second kappa shape index (κ2) is 5.06. The molecule has 1 unspecified atom stereocenters. The van der Waals surface area contributed by atoms with E-state index in [2.05, 4.69) is 23.2 Å². The second-order valence-electron chi connectivity index (χ2n) is 2.65. The maximum Gasteiger partial charge on any atom is 0.336 e. The molecule has 0 bridgehead atoms. The number of urea groups is 1. The van der Waals surface area contributed by atoms with Crippen LogP contribution in [0.15, 0.2) is 25.3 Å². The van der Waals surface area contributed by atoms with Gasteiger partial charge in [0, 0.05) is 6.42 Å². The van der Waals surface area contributed by atoms with Crippen molar-refractivity contribution in [2.24, 2.45) is 5.73 Å². The number of carbonyl (C=O) groups is 2. The molecule has 0 saturated carbocycles. The third-order valence-electron chi connectivity index (χ3n) is 1.71. The Morgan fingerprint density at radius 3 is 2.43 bits per heavy atom. The first-order valence-electron chi connectivity index (χ1n) is 3.93. The van der Waals surface area contributed by atoms with Crippen LogP contribution in [0.4, 0.5) is 4.79 Å². The van der Waals surface area contributed by atoms with E-state index in [9.17, 15) is 9.59 Å². The molecule has 0 saturated heterocycles. The number of primary amides is 1. The van der Waals surface area contributed by atoms with Crippen LogP contribution in [0.1, 0.15) is 6.42 Å². The number of amides is 2. The van der Waals surface area contributed by atoms with Crippen LogP contribution in [0, 0.1) is 0 Å². The molecule has 5 heteroatoms. The minimum Gasteiger partial charge on any atom is -0.467 e. The van der Waals surface area contributed by atoms with Gasteiger partial charge in [-0.3, -0.25) is 0 Å². The summed E-state index contributed by atoms with van der Waals surface area (Å²) in [5.41, 5.74) is 3.62. The van der Waals surface area contributed by atoms with Crippen molar-refractivity contribution in [3.63, 3.8) is 0 Å². The van der Waals surface area contributed by atoms with Crippen molar-refractivity contribution in [2.75, 3.05) is 7.11 Å². The quantitative estimate of drug-likeness (QED) is 0.493. The van der Waals surface area contributed by atoms with Gasteiger partial charge in [0.2, 0.25) is 0 Å². The van der Waals surface area contributed by atoms with Crippen LogP contribution in [-0.4, -0.2) is 24.6 Å². The van der Waals surface area contributed by atoms with Crippen LogP contribution in [-0.2, 0) is 9.53 Å². The molecular weight excluding hydrogens is 184 g/mol. The minimum atomic E-state index is -1.32. The lowest BCUT2D eigenvalue weighted by Crippen LogP contribution is -2.55. The van der Waals surface area contributed by atoms with Crippen LogP contribution in [0.3, 0.4) is 0 Å². The molecule has 78 valence electrons. The summed E-state index contributed by atoms with van der Waals surface area (Å²) in [5.74, 6) is -0.633. The van der Waals surface area contributed by atoms with Gasteiger partial charge in [-0.15, -0.1) is 13.2 Å². The van der Waals surface area contributed by atoms with Gasteiger partial charge in [-0.05, 0) is 0 Å². The molecule has 0 rings (SSSR count). The van der Waals surface area contributed by atoms with Gasteiger partial charge in [-0.1, -0.05) is 12.2 Å². The Bertz CT molecular complexity index is 263. The number of methoxy groups -OCH3 is 1. The van der Waals surface area contributed by atoms with E-state index < -0.39 is 17.5 Å². The molecular formula is C9H14N2O3. The third kappa shape index (κ3) is 2.62. The molecule has 0 aliphatic carbocycles. The first-order chi connectivity index (χ1) is 6.52. The van der Waals surface area contributed by atoms with Crippen molar-refractivity contribution in [3.8, 4) is 0 Å². The van der Waals surface area contributed by atoms with E-state index in [1.807, 2.05) is 0 Å². The Hall–Kier alpha value is -1.78. The topological polar surface area (TPSA) is 81.4 Å². The van der Waals surface area contributed by atoms with Crippen molar-refractivity contribution in [1.29, 1.82) is 0 Å². The van der Waals surface area contributed by atoms with E-state index in [1.54, 1.807) is 0 Å². The predicted molar refractivity (Wildman–Crippen MR) is 52.5 cm³/mol. The number of esters is 1. The fourth-order valence-corrected chi connectivity index (χ4v) is 1.03. The summed E-state index contributed by atoms with van der Waals surface area (Å²) in [6.45, 7) is 6.92. The van der Waals surface area contributed by atoms with Crippen LogP contribution < -0.4 is 11.1 Å². The molecule has 1 atom stereocenters. The predicted octanol–water partition coefficient (Wildman–Crippen LogP) is 0.329. The zero-order valence-electron chi connectivity index (χ0n) is 8.08. The summed E-state index contributed by atoms with van der Waals surface area (Å²) in [5, 5.41) is 2.27. The van der Waals surface area contributed by atoms with Crippen molar-refractivity contribution in [3.05, 3.63) is 25.3 Å².